The van der Waals surface area contributed by atoms with Gasteiger partial charge in [0.25, 0.3) is 5.91 Å². The van der Waals surface area contributed by atoms with Gasteiger partial charge in [0.05, 0.1) is 5.69 Å². The average molecular weight is 350 g/mol. The molecule has 5 nitrogen and oxygen atoms in total. The number of anilines is 2. The molecule has 0 aliphatic carbocycles. The number of nitrogens with zero attached hydrogens (tertiary/aromatic N) is 1. The SMILES string of the molecule is Cc1cccc(C(C)C)c1NC(=O)c1cccc(N2C(=O)CCC2=O)c1. The number of hydrogen-bond donors (Lipinski definition) is 1. The number of para-hydroxylation sites is 1. The van der Waals surface area contributed by atoms with Crippen LogP contribution in [0.4, 0.5) is 11.4 Å². The van der Waals surface area contributed by atoms with E-state index in [1.54, 1.807) is 24.3 Å². The van der Waals surface area contributed by atoms with E-state index in [9.17, 15) is 14.4 Å². The van der Waals surface area contributed by atoms with Crippen LogP contribution < -0.4 is 10.2 Å². The quantitative estimate of drug-likeness (QED) is 0.847. The van der Waals surface area contributed by atoms with Gasteiger partial charge in [-0.2, -0.15) is 0 Å². The zero-order valence-electron chi connectivity index (χ0n) is 15.2. The monoisotopic (exact) mass is 350 g/mol. The Balaban J connectivity index is 1.89. The fourth-order valence-corrected chi connectivity index (χ4v) is 3.18. The molecule has 1 saturated heterocycles. The maximum Gasteiger partial charge on any atom is 0.255 e. The van der Waals surface area contributed by atoms with Crippen LogP contribution in [0.25, 0.3) is 0 Å². The molecule has 2 aromatic rings. The Morgan fingerprint density at radius 1 is 1.04 bits per heavy atom. The van der Waals surface area contributed by atoms with E-state index in [2.05, 4.69) is 19.2 Å². The number of carbonyl (C=O) groups excluding carboxylic acids is 3. The van der Waals surface area contributed by atoms with Crippen molar-refractivity contribution < 1.29 is 14.4 Å². The molecule has 3 amide bonds. The lowest BCUT2D eigenvalue weighted by Crippen LogP contribution is -2.28. The van der Waals surface area contributed by atoms with Crippen molar-refractivity contribution in [1.82, 2.24) is 0 Å². The molecule has 0 unspecified atom stereocenters. The van der Waals surface area contributed by atoms with Crippen LogP contribution in [0.1, 0.15) is 54.1 Å². The Hall–Kier alpha value is -2.95. The second-order valence-electron chi connectivity index (χ2n) is 6.82. The predicted molar refractivity (Wildman–Crippen MR) is 101 cm³/mol. The van der Waals surface area contributed by atoms with E-state index in [-0.39, 0.29) is 36.5 Å². The minimum atomic E-state index is -0.262. The first kappa shape index (κ1) is 17.9. The number of carbonyl (C=O) groups is 3. The number of amides is 3. The molecule has 5 heteroatoms. The third-order valence-electron chi connectivity index (χ3n) is 4.58. The maximum atomic E-state index is 12.8. The topological polar surface area (TPSA) is 66.5 Å². The molecule has 0 spiro atoms. The molecule has 1 aliphatic heterocycles. The largest absolute Gasteiger partial charge is 0.321 e. The summed E-state index contributed by atoms with van der Waals surface area (Å²) in [5.74, 6) is -0.444. The molecular weight excluding hydrogens is 328 g/mol. The van der Waals surface area contributed by atoms with Crippen LogP contribution in [0.5, 0.6) is 0 Å². The lowest BCUT2D eigenvalue weighted by molar-refractivity contribution is -0.121. The number of rotatable bonds is 4. The third-order valence-corrected chi connectivity index (χ3v) is 4.58. The first-order chi connectivity index (χ1) is 12.4. The molecule has 134 valence electrons. The normalized spacial score (nSPS) is 14.2. The highest BCUT2D eigenvalue weighted by molar-refractivity contribution is 6.20. The standard InChI is InChI=1S/C21H22N2O3/c1-13(2)17-9-4-6-14(3)20(17)22-21(26)15-7-5-8-16(12-15)23-18(24)10-11-19(23)25/h4-9,12-13H,10-11H2,1-3H3,(H,22,26). The van der Waals surface area contributed by atoms with Gasteiger partial charge in [-0.3, -0.25) is 19.3 Å². The summed E-state index contributed by atoms with van der Waals surface area (Å²) >= 11 is 0. The lowest BCUT2D eigenvalue weighted by atomic mass is 9.98. The van der Waals surface area contributed by atoms with Gasteiger partial charge in [-0.1, -0.05) is 38.1 Å². The highest BCUT2D eigenvalue weighted by Crippen LogP contribution is 2.28. The van der Waals surface area contributed by atoms with Crippen LogP contribution in [0, 0.1) is 6.92 Å². The average Bonchev–Trinajstić information content (AvgIpc) is 2.95. The molecule has 0 aromatic heterocycles. The fraction of sp³-hybridized carbons (Fsp3) is 0.286. The summed E-state index contributed by atoms with van der Waals surface area (Å²) in [5.41, 5.74) is 3.73. The van der Waals surface area contributed by atoms with Crippen LogP contribution in [-0.2, 0) is 9.59 Å². The van der Waals surface area contributed by atoms with Crippen molar-refractivity contribution in [1.29, 1.82) is 0 Å². The maximum absolute atomic E-state index is 12.8. The molecule has 0 radical (unpaired) electrons. The molecule has 1 N–H and O–H groups in total. The van der Waals surface area contributed by atoms with Crippen LogP contribution in [-0.4, -0.2) is 17.7 Å². The number of imide groups is 1. The van der Waals surface area contributed by atoms with Crippen molar-refractivity contribution in [2.45, 2.75) is 39.5 Å². The number of benzene rings is 2. The zero-order valence-corrected chi connectivity index (χ0v) is 15.2. The number of hydrogen-bond acceptors (Lipinski definition) is 3. The van der Waals surface area contributed by atoms with Gasteiger partial charge in [-0.25, -0.2) is 0 Å². The minimum Gasteiger partial charge on any atom is -0.321 e. The molecule has 3 rings (SSSR count). The van der Waals surface area contributed by atoms with Gasteiger partial charge in [0.15, 0.2) is 0 Å². The molecule has 1 fully saturated rings. The molecular formula is C21H22N2O3. The van der Waals surface area contributed by atoms with Gasteiger partial charge in [0.1, 0.15) is 0 Å². The van der Waals surface area contributed by atoms with Crippen molar-refractivity contribution in [3.8, 4) is 0 Å². The van der Waals surface area contributed by atoms with E-state index in [1.807, 2.05) is 25.1 Å². The van der Waals surface area contributed by atoms with Gasteiger partial charge in [0.2, 0.25) is 11.8 Å². The molecule has 0 bridgehead atoms. The molecule has 1 aliphatic rings. The van der Waals surface area contributed by atoms with Crippen LogP contribution in [0.15, 0.2) is 42.5 Å². The summed E-state index contributed by atoms with van der Waals surface area (Å²) < 4.78 is 0. The summed E-state index contributed by atoms with van der Waals surface area (Å²) in [7, 11) is 0. The van der Waals surface area contributed by atoms with Crippen LogP contribution >= 0.6 is 0 Å². The first-order valence-electron chi connectivity index (χ1n) is 8.75. The smallest absolute Gasteiger partial charge is 0.255 e. The second-order valence-corrected chi connectivity index (χ2v) is 6.82. The molecule has 1 heterocycles. The Morgan fingerprint density at radius 2 is 1.69 bits per heavy atom. The fourth-order valence-electron chi connectivity index (χ4n) is 3.18. The van der Waals surface area contributed by atoms with Crippen molar-refractivity contribution in [3.05, 3.63) is 59.2 Å². The van der Waals surface area contributed by atoms with E-state index < -0.39 is 0 Å². The highest BCUT2D eigenvalue weighted by atomic mass is 16.2. The van der Waals surface area contributed by atoms with Crippen molar-refractivity contribution in [2.24, 2.45) is 0 Å². The lowest BCUT2D eigenvalue weighted by Gasteiger charge is -2.18. The highest BCUT2D eigenvalue weighted by Gasteiger charge is 2.30. The van der Waals surface area contributed by atoms with Crippen LogP contribution in [0.3, 0.4) is 0 Å². The van der Waals surface area contributed by atoms with E-state index >= 15 is 0 Å². The van der Waals surface area contributed by atoms with Gasteiger partial charge in [-0.15, -0.1) is 0 Å². The van der Waals surface area contributed by atoms with Gasteiger partial charge >= 0.3 is 0 Å². The predicted octanol–water partition coefficient (Wildman–Crippen LogP) is 4.02. The first-order valence-corrected chi connectivity index (χ1v) is 8.75. The Bertz CT molecular complexity index is 871. The summed E-state index contributed by atoms with van der Waals surface area (Å²) in [6, 6.07) is 12.6. The van der Waals surface area contributed by atoms with Gasteiger partial charge in [0, 0.05) is 24.1 Å². The molecule has 0 atom stereocenters. The number of aryl methyl sites for hydroxylation is 1. The van der Waals surface area contributed by atoms with Crippen molar-refractivity contribution >= 4 is 29.1 Å². The van der Waals surface area contributed by atoms with E-state index in [0.29, 0.717) is 11.3 Å². The summed E-state index contributed by atoms with van der Waals surface area (Å²) in [6.45, 7) is 6.12. The Morgan fingerprint density at radius 3 is 2.35 bits per heavy atom. The summed E-state index contributed by atoms with van der Waals surface area (Å²) in [4.78, 5) is 37.8. The van der Waals surface area contributed by atoms with E-state index in [0.717, 1.165) is 21.7 Å². The van der Waals surface area contributed by atoms with Crippen molar-refractivity contribution in [2.75, 3.05) is 10.2 Å². The second kappa shape index (κ2) is 7.12. The Kier molecular flexibility index (Phi) is 4.89. The molecule has 0 saturated carbocycles. The van der Waals surface area contributed by atoms with Gasteiger partial charge < -0.3 is 5.32 Å². The summed E-state index contributed by atoms with van der Waals surface area (Å²) in [5, 5.41) is 2.99. The van der Waals surface area contributed by atoms with Gasteiger partial charge in [-0.05, 0) is 42.2 Å². The van der Waals surface area contributed by atoms with E-state index in [1.165, 1.54) is 0 Å². The van der Waals surface area contributed by atoms with E-state index in [4.69, 9.17) is 0 Å². The third kappa shape index (κ3) is 3.38. The molecule has 2 aromatic carbocycles. The van der Waals surface area contributed by atoms with Crippen molar-refractivity contribution in [3.63, 3.8) is 0 Å². The minimum absolute atomic E-state index is 0.218. The Labute approximate surface area is 153 Å². The summed E-state index contributed by atoms with van der Waals surface area (Å²) in [6.07, 6.45) is 0.437. The number of nitrogens with one attached hydrogen (secondary N) is 1. The zero-order chi connectivity index (χ0) is 18.8. The van der Waals surface area contributed by atoms with Crippen LogP contribution in [0.2, 0.25) is 0 Å². The molecule has 26 heavy (non-hydrogen) atoms.